The summed E-state index contributed by atoms with van der Waals surface area (Å²) in [5.74, 6) is -0.127. The van der Waals surface area contributed by atoms with Crippen LogP contribution in [0, 0.1) is 0 Å². The Labute approximate surface area is 116 Å². The Hall–Kier alpha value is -1.24. The SMILES string of the molecule is CCC(=O)N1CSCC1C(=O)N1CCC[C@@H]1C(=O)O. The quantitative estimate of drug-likeness (QED) is 0.811. The second kappa shape index (κ2) is 5.81. The van der Waals surface area contributed by atoms with Gasteiger partial charge in [-0.2, -0.15) is 0 Å². The zero-order chi connectivity index (χ0) is 14.0. The molecule has 0 aromatic heterocycles. The molecule has 0 aromatic rings. The van der Waals surface area contributed by atoms with Crippen LogP contribution in [0.2, 0.25) is 0 Å². The van der Waals surface area contributed by atoms with Crippen LogP contribution in [-0.2, 0) is 14.4 Å². The Morgan fingerprint density at radius 2 is 2.00 bits per heavy atom. The van der Waals surface area contributed by atoms with Crippen LogP contribution in [-0.4, -0.2) is 62.9 Å². The van der Waals surface area contributed by atoms with Gasteiger partial charge in [0.25, 0.3) is 0 Å². The molecular formula is C12H18N2O4S. The summed E-state index contributed by atoms with van der Waals surface area (Å²) >= 11 is 1.54. The lowest BCUT2D eigenvalue weighted by Crippen LogP contribution is -2.51. The maximum absolute atomic E-state index is 12.4. The van der Waals surface area contributed by atoms with E-state index in [0.717, 1.165) is 0 Å². The highest BCUT2D eigenvalue weighted by atomic mass is 32.2. The van der Waals surface area contributed by atoms with E-state index in [2.05, 4.69) is 0 Å². The van der Waals surface area contributed by atoms with Crippen molar-refractivity contribution in [3.63, 3.8) is 0 Å². The average Bonchev–Trinajstić information content (AvgIpc) is 3.05. The summed E-state index contributed by atoms with van der Waals surface area (Å²) in [6, 6.07) is -1.21. The van der Waals surface area contributed by atoms with E-state index in [4.69, 9.17) is 5.11 Å². The van der Waals surface area contributed by atoms with Gasteiger partial charge < -0.3 is 14.9 Å². The van der Waals surface area contributed by atoms with Crippen LogP contribution < -0.4 is 0 Å². The Balaban J connectivity index is 2.10. The number of thioether (sulfide) groups is 1. The summed E-state index contributed by atoms with van der Waals surface area (Å²) in [5, 5.41) is 9.12. The van der Waals surface area contributed by atoms with E-state index < -0.39 is 18.1 Å². The molecule has 2 aliphatic rings. The number of carboxylic acid groups (broad SMARTS) is 1. The summed E-state index contributed by atoms with van der Waals surface area (Å²) in [4.78, 5) is 38.4. The van der Waals surface area contributed by atoms with Gasteiger partial charge in [-0.3, -0.25) is 9.59 Å². The molecule has 19 heavy (non-hydrogen) atoms. The van der Waals surface area contributed by atoms with Crippen LogP contribution in [0.3, 0.4) is 0 Å². The lowest BCUT2D eigenvalue weighted by molar-refractivity contribution is -0.151. The third-order valence-corrected chi connectivity index (χ3v) is 4.62. The van der Waals surface area contributed by atoms with Gasteiger partial charge in [-0.1, -0.05) is 6.92 Å². The molecule has 2 saturated heterocycles. The predicted molar refractivity (Wildman–Crippen MR) is 70.6 cm³/mol. The summed E-state index contributed by atoms with van der Waals surface area (Å²) in [5.41, 5.74) is 0. The summed E-state index contributed by atoms with van der Waals surface area (Å²) < 4.78 is 0. The molecule has 2 heterocycles. The molecule has 2 fully saturated rings. The van der Waals surface area contributed by atoms with Crippen LogP contribution in [0.4, 0.5) is 0 Å². The molecule has 0 spiro atoms. The maximum atomic E-state index is 12.4. The van der Waals surface area contributed by atoms with Gasteiger partial charge in [0.15, 0.2) is 0 Å². The second-order valence-electron chi connectivity index (χ2n) is 4.76. The van der Waals surface area contributed by atoms with Gasteiger partial charge in [-0.05, 0) is 12.8 Å². The number of carbonyl (C=O) groups is 3. The number of hydrogen-bond donors (Lipinski definition) is 1. The minimum absolute atomic E-state index is 0.0468. The van der Waals surface area contributed by atoms with Crippen molar-refractivity contribution in [2.24, 2.45) is 0 Å². The number of rotatable bonds is 3. The first-order valence-electron chi connectivity index (χ1n) is 6.46. The third kappa shape index (κ3) is 2.70. The van der Waals surface area contributed by atoms with E-state index >= 15 is 0 Å². The Kier molecular flexibility index (Phi) is 4.34. The van der Waals surface area contributed by atoms with E-state index in [1.807, 2.05) is 0 Å². The van der Waals surface area contributed by atoms with Crippen molar-refractivity contribution < 1.29 is 19.5 Å². The molecule has 0 aromatic carbocycles. The van der Waals surface area contributed by atoms with Gasteiger partial charge in [0.2, 0.25) is 11.8 Å². The number of likely N-dealkylation sites (tertiary alicyclic amines) is 1. The second-order valence-corrected chi connectivity index (χ2v) is 5.76. The lowest BCUT2D eigenvalue weighted by Gasteiger charge is -2.29. The zero-order valence-electron chi connectivity index (χ0n) is 10.9. The third-order valence-electron chi connectivity index (χ3n) is 3.61. The fourth-order valence-corrected chi connectivity index (χ4v) is 3.75. The van der Waals surface area contributed by atoms with Crippen LogP contribution in [0.25, 0.3) is 0 Å². The van der Waals surface area contributed by atoms with Crippen molar-refractivity contribution in [3.05, 3.63) is 0 Å². The molecule has 7 heteroatoms. The number of hydrogen-bond acceptors (Lipinski definition) is 4. The fraction of sp³-hybridized carbons (Fsp3) is 0.750. The molecule has 6 nitrogen and oxygen atoms in total. The molecule has 0 saturated carbocycles. The van der Waals surface area contributed by atoms with E-state index in [-0.39, 0.29) is 11.8 Å². The van der Waals surface area contributed by atoms with Crippen molar-refractivity contribution in [3.8, 4) is 0 Å². The molecule has 2 aliphatic heterocycles. The Morgan fingerprint density at radius 3 is 2.63 bits per heavy atom. The Morgan fingerprint density at radius 1 is 1.26 bits per heavy atom. The number of carboxylic acids is 1. The minimum atomic E-state index is -0.954. The Bertz CT molecular complexity index is 401. The molecule has 2 atom stereocenters. The minimum Gasteiger partial charge on any atom is -0.480 e. The molecular weight excluding hydrogens is 268 g/mol. The van der Waals surface area contributed by atoms with Crippen LogP contribution >= 0.6 is 11.8 Å². The van der Waals surface area contributed by atoms with Crippen LogP contribution in [0.1, 0.15) is 26.2 Å². The van der Waals surface area contributed by atoms with Gasteiger partial charge in [0.05, 0.1) is 5.88 Å². The molecule has 0 bridgehead atoms. The van der Waals surface area contributed by atoms with Crippen molar-refractivity contribution in [2.75, 3.05) is 18.2 Å². The molecule has 0 radical (unpaired) electrons. The maximum Gasteiger partial charge on any atom is 0.326 e. The van der Waals surface area contributed by atoms with E-state index in [1.165, 1.54) is 4.90 Å². The standard InChI is InChI=1S/C12H18N2O4S/c1-2-10(15)14-7-19-6-9(14)11(16)13-5-3-4-8(13)12(17)18/h8-9H,2-7H2,1H3,(H,17,18)/t8-,9?/m1/s1. The highest BCUT2D eigenvalue weighted by molar-refractivity contribution is 7.99. The van der Waals surface area contributed by atoms with Crippen molar-refractivity contribution in [1.82, 2.24) is 9.80 Å². The monoisotopic (exact) mass is 286 g/mol. The van der Waals surface area contributed by atoms with Crippen molar-refractivity contribution >= 4 is 29.5 Å². The molecule has 2 rings (SSSR count). The molecule has 0 aliphatic carbocycles. The number of aliphatic carboxylic acids is 1. The summed E-state index contributed by atoms with van der Waals surface area (Å²) in [6.07, 6.45) is 1.58. The highest BCUT2D eigenvalue weighted by Gasteiger charge is 2.41. The normalized spacial score (nSPS) is 26.8. The topological polar surface area (TPSA) is 77.9 Å². The van der Waals surface area contributed by atoms with Gasteiger partial charge in [-0.25, -0.2) is 4.79 Å². The largest absolute Gasteiger partial charge is 0.480 e. The van der Waals surface area contributed by atoms with Gasteiger partial charge in [-0.15, -0.1) is 11.8 Å². The molecule has 2 amide bonds. The van der Waals surface area contributed by atoms with Crippen LogP contribution in [0.15, 0.2) is 0 Å². The van der Waals surface area contributed by atoms with Gasteiger partial charge >= 0.3 is 5.97 Å². The van der Waals surface area contributed by atoms with Crippen molar-refractivity contribution in [2.45, 2.75) is 38.3 Å². The first-order chi connectivity index (χ1) is 9.06. The fourth-order valence-electron chi connectivity index (χ4n) is 2.57. The van der Waals surface area contributed by atoms with Gasteiger partial charge in [0.1, 0.15) is 12.1 Å². The first kappa shape index (κ1) is 14.2. The van der Waals surface area contributed by atoms with Crippen LogP contribution in [0.5, 0.6) is 0 Å². The van der Waals surface area contributed by atoms with E-state index in [9.17, 15) is 14.4 Å². The van der Waals surface area contributed by atoms with E-state index in [0.29, 0.717) is 37.4 Å². The van der Waals surface area contributed by atoms with Gasteiger partial charge in [0, 0.05) is 18.7 Å². The highest BCUT2D eigenvalue weighted by Crippen LogP contribution is 2.26. The zero-order valence-corrected chi connectivity index (χ0v) is 11.7. The number of carbonyl (C=O) groups excluding carboxylic acids is 2. The molecule has 1 unspecified atom stereocenters. The lowest BCUT2D eigenvalue weighted by atomic mass is 10.2. The molecule has 1 N–H and O–H groups in total. The van der Waals surface area contributed by atoms with E-state index in [1.54, 1.807) is 23.6 Å². The molecule has 106 valence electrons. The van der Waals surface area contributed by atoms with Crippen molar-refractivity contribution in [1.29, 1.82) is 0 Å². The average molecular weight is 286 g/mol. The summed E-state index contributed by atoms with van der Waals surface area (Å²) in [7, 11) is 0. The summed E-state index contributed by atoms with van der Waals surface area (Å²) in [6.45, 7) is 2.24. The number of amides is 2. The smallest absolute Gasteiger partial charge is 0.326 e. The predicted octanol–water partition coefficient (Wildman–Crippen LogP) is 0.374. The first-order valence-corrected chi connectivity index (χ1v) is 7.62. The number of nitrogens with zero attached hydrogens (tertiary/aromatic N) is 2.